The molecule has 290 valence electrons. The Labute approximate surface area is 312 Å². The van der Waals surface area contributed by atoms with Gasteiger partial charge in [0.25, 0.3) is 0 Å². The Kier molecular flexibility index (Phi) is 10.7. The van der Waals surface area contributed by atoms with Gasteiger partial charge in [-0.05, 0) is 71.2 Å². The van der Waals surface area contributed by atoms with Crippen LogP contribution in [0.3, 0.4) is 0 Å². The molecule has 0 bridgehead atoms. The van der Waals surface area contributed by atoms with E-state index in [1.165, 1.54) is 24.9 Å². The SMILES string of the molecule is CC[C@H]1OC(C#N)(c2ccc3c(N(C)[Si](C)(C)C)ncnn23)[C@](C)(O[Si](C)(C)C)[C@@H]1C.COC1(c2ccc3c(N)ncnn23)O[C@H](CO)[C@@H](O)[C@@]1(C)O. The van der Waals surface area contributed by atoms with Gasteiger partial charge >= 0.3 is 0 Å². The summed E-state index contributed by atoms with van der Waals surface area (Å²) in [5.41, 5.74) is 4.35. The number of nitrogen functional groups attached to an aromatic ring is 1. The van der Waals surface area contributed by atoms with Crippen LogP contribution in [0.4, 0.5) is 11.6 Å². The number of nitrogens with two attached hydrogens (primary N) is 1. The van der Waals surface area contributed by atoms with Crippen LogP contribution in [0.2, 0.25) is 39.3 Å². The Morgan fingerprint density at radius 3 is 2.09 bits per heavy atom. The minimum Gasteiger partial charge on any atom is -0.408 e. The van der Waals surface area contributed by atoms with Gasteiger partial charge in [0.1, 0.15) is 67.3 Å². The van der Waals surface area contributed by atoms with E-state index >= 15 is 0 Å². The summed E-state index contributed by atoms with van der Waals surface area (Å²) in [6.45, 7) is 20.5. The van der Waals surface area contributed by atoms with E-state index in [9.17, 15) is 20.6 Å². The first-order valence-electron chi connectivity index (χ1n) is 17.8. The highest BCUT2D eigenvalue weighted by atomic mass is 28.4. The average Bonchev–Trinajstić information content (AvgIpc) is 3.82. The van der Waals surface area contributed by atoms with Crippen molar-refractivity contribution in [3.63, 3.8) is 0 Å². The second-order valence-corrected chi connectivity index (χ2v) is 25.7. The lowest BCUT2D eigenvalue weighted by molar-refractivity contribution is -0.290. The van der Waals surface area contributed by atoms with Crippen LogP contribution >= 0.6 is 0 Å². The zero-order valence-corrected chi connectivity index (χ0v) is 34.8. The number of fused-ring (bicyclic) bond motifs is 2. The molecule has 0 amide bonds. The number of nitriles is 1. The summed E-state index contributed by atoms with van der Waals surface area (Å²) >= 11 is 0. The van der Waals surface area contributed by atoms with Crippen molar-refractivity contribution in [2.75, 3.05) is 31.1 Å². The van der Waals surface area contributed by atoms with Crippen LogP contribution in [0, 0.1) is 17.2 Å². The monoisotopic (exact) mass is 769 g/mol. The molecule has 16 nitrogen and oxygen atoms in total. The normalized spacial score (nSPS) is 31.8. The number of aliphatic hydroxyl groups is 3. The molecule has 0 aromatic carbocycles. The maximum absolute atomic E-state index is 10.8. The second-order valence-electron chi connectivity index (χ2n) is 16.2. The van der Waals surface area contributed by atoms with Gasteiger partial charge in [0, 0.05) is 13.0 Å². The highest BCUT2D eigenvalue weighted by Crippen LogP contribution is 2.54. The van der Waals surface area contributed by atoms with E-state index < -0.39 is 58.0 Å². The molecule has 2 aliphatic heterocycles. The predicted octanol–water partition coefficient (Wildman–Crippen LogP) is 3.39. The standard InChI is InChI=1S/C22H37N5O2Si2.C13H18N4O5/c1-11-18-16(2)21(3,29-31(8,9)10)22(14-23,28-18)19-13-12-17-20(24-15-25-27(17)19)26(4)30(5,6)7;1-12(20)10(19)8(5-18)22-13(12,21-2)9-4-3-7-11(14)15-6-16-17(7)9/h12-13,15-16,18H,11H2,1-10H3;3-4,6,8,10,18-20H,5H2,1-2H3,(H2,14,15,16)/t16-,18-,21-,22?;8-,10-,12-,13?/m11/s1. The highest BCUT2D eigenvalue weighted by Gasteiger charge is 2.67. The van der Waals surface area contributed by atoms with Crippen molar-refractivity contribution < 1.29 is 34.0 Å². The molecule has 2 fully saturated rings. The lowest BCUT2D eigenvalue weighted by Crippen LogP contribution is -2.55. The topological polar surface area (TPSA) is 211 Å². The molecule has 0 aliphatic carbocycles. The van der Waals surface area contributed by atoms with Crippen LogP contribution in [-0.4, -0.2) is 111 Å². The van der Waals surface area contributed by atoms with Crippen molar-refractivity contribution in [2.24, 2.45) is 5.92 Å². The van der Waals surface area contributed by atoms with Crippen LogP contribution in [0.5, 0.6) is 0 Å². The van der Waals surface area contributed by atoms with Crippen molar-refractivity contribution in [1.82, 2.24) is 29.2 Å². The molecule has 0 saturated carbocycles. The van der Waals surface area contributed by atoms with Gasteiger partial charge in [-0.15, -0.1) is 0 Å². The maximum atomic E-state index is 10.8. The van der Waals surface area contributed by atoms with Crippen molar-refractivity contribution in [1.29, 1.82) is 5.26 Å². The van der Waals surface area contributed by atoms with Crippen LogP contribution in [-0.2, 0) is 30.0 Å². The number of hydrogen-bond donors (Lipinski definition) is 4. The van der Waals surface area contributed by atoms with E-state index in [1.54, 1.807) is 18.5 Å². The fraction of sp³-hybridized carbons (Fsp3) is 0.629. The van der Waals surface area contributed by atoms with Gasteiger partial charge in [0.05, 0.1) is 18.4 Å². The second kappa shape index (κ2) is 14.0. The van der Waals surface area contributed by atoms with Gasteiger partial charge < -0.3 is 44.3 Å². The Bertz CT molecular complexity index is 1990. The first kappa shape index (κ1) is 40.7. The van der Waals surface area contributed by atoms with Crippen LogP contribution in [0.15, 0.2) is 36.9 Å². The van der Waals surface area contributed by atoms with Crippen molar-refractivity contribution in [2.45, 2.75) is 114 Å². The van der Waals surface area contributed by atoms with E-state index in [4.69, 9.17) is 24.4 Å². The molecule has 8 atom stereocenters. The van der Waals surface area contributed by atoms with Gasteiger partial charge in [-0.3, -0.25) is 0 Å². The van der Waals surface area contributed by atoms with Crippen molar-refractivity contribution in [3.05, 3.63) is 48.3 Å². The Balaban J connectivity index is 0.000000216. The number of hydrogen-bond acceptors (Lipinski definition) is 14. The molecule has 0 spiro atoms. The molecule has 2 aliphatic rings. The molecule has 18 heteroatoms. The maximum Gasteiger partial charge on any atom is 0.244 e. The number of anilines is 2. The first-order chi connectivity index (χ1) is 24.6. The summed E-state index contributed by atoms with van der Waals surface area (Å²) < 4.78 is 30.0. The smallest absolute Gasteiger partial charge is 0.244 e. The lowest BCUT2D eigenvalue weighted by atomic mass is 9.75. The molecule has 0 radical (unpaired) electrons. The van der Waals surface area contributed by atoms with Crippen LogP contribution in [0.25, 0.3) is 11.0 Å². The third kappa shape index (κ3) is 6.35. The van der Waals surface area contributed by atoms with Crippen molar-refractivity contribution >= 4 is 39.2 Å². The number of nitrogens with zero attached hydrogens (tertiary/aromatic N) is 8. The molecule has 6 rings (SSSR count). The largest absolute Gasteiger partial charge is 0.408 e. The molecule has 4 aromatic rings. The molecule has 5 N–H and O–H groups in total. The summed E-state index contributed by atoms with van der Waals surface area (Å²) in [5, 5.41) is 49.6. The fourth-order valence-corrected chi connectivity index (χ4v) is 10.0. The minimum atomic E-state index is -1.99. The molecular formula is C35H55N9O7Si2. The van der Waals surface area contributed by atoms with Gasteiger partial charge in [-0.1, -0.05) is 33.5 Å². The summed E-state index contributed by atoms with van der Waals surface area (Å²) in [6, 6.07) is 9.79. The summed E-state index contributed by atoms with van der Waals surface area (Å²) in [7, 11) is -0.212. The number of ether oxygens (including phenoxy) is 3. The summed E-state index contributed by atoms with van der Waals surface area (Å²) in [4.78, 5) is 8.47. The predicted molar refractivity (Wildman–Crippen MR) is 204 cm³/mol. The number of rotatable bonds is 9. The van der Waals surface area contributed by atoms with Gasteiger partial charge in [0.15, 0.2) is 19.7 Å². The molecule has 53 heavy (non-hydrogen) atoms. The van der Waals surface area contributed by atoms with E-state index in [2.05, 4.69) is 91.0 Å². The first-order valence-corrected chi connectivity index (χ1v) is 24.7. The third-order valence-electron chi connectivity index (χ3n) is 10.8. The van der Waals surface area contributed by atoms with Crippen molar-refractivity contribution in [3.8, 4) is 6.07 Å². The average molecular weight is 770 g/mol. The zero-order valence-electron chi connectivity index (χ0n) is 32.8. The summed E-state index contributed by atoms with van der Waals surface area (Å²) in [5.74, 6) is -0.531. The zero-order chi connectivity index (χ0) is 39.5. The Morgan fingerprint density at radius 1 is 0.981 bits per heavy atom. The quantitative estimate of drug-likeness (QED) is 0.180. The minimum absolute atomic E-state index is 0.0559. The lowest BCUT2D eigenvalue weighted by Gasteiger charge is -2.43. The van der Waals surface area contributed by atoms with E-state index in [0.29, 0.717) is 16.9 Å². The van der Waals surface area contributed by atoms with Gasteiger partial charge in [-0.2, -0.15) is 15.5 Å². The molecule has 4 aromatic heterocycles. The van der Waals surface area contributed by atoms with E-state index in [0.717, 1.165) is 17.8 Å². The Hall–Kier alpha value is -3.52. The van der Waals surface area contributed by atoms with Crippen LogP contribution in [0.1, 0.15) is 45.5 Å². The molecular weight excluding hydrogens is 715 g/mol. The highest BCUT2D eigenvalue weighted by molar-refractivity contribution is 6.79. The number of aliphatic hydroxyl groups excluding tert-OH is 2. The molecule has 6 heterocycles. The third-order valence-corrected chi connectivity index (χ3v) is 14.1. The van der Waals surface area contributed by atoms with E-state index in [1.807, 2.05) is 23.6 Å². The van der Waals surface area contributed by atoms with Crippen LogP contribution < -0.4 is 10.3 Å². The Morgan fingerprint density at radius 2 is 1.57 bits per heavy atom. The number of methoxy groups -OCH3 is 1. The van der Waals surface area contributed by atoms with Gasteiger partial charge in [-0.25, -0.2) is 19.0 Å². The fourth-order valence-electron chi connectivity index (χ4n) is 7.60. The molecule has 2 saturated heterocycles. The molecule has 2 unspecified atom stereocenters. The van der Waals surface area contributed by atoms with Gasteiger partial charge in [0.2, 0.25) is 11.4 Å². The summed E-state index contributed by atoms with van der Waals surface area (Å²) in [6.07, 6.45) is 1.23. The van der Waals surface area contributed by atoms with E-state index in [-0.39, 0.29) is 17.8 Å². The number of aromatic nitrogens is 6.